The summed E-state index contributed by atoms with van der Waals surface area (Å²) in [4.78, 5) is 33.3. The van der Waals surface area contributed by atoms with Gasteiger partial charge in [0.05, 0.1) is 23.7 Å². The van der Waals surface area contributed by atoms with E-state index in [4.69, 9.17) is 4.74 Å². The van der Waals surface area contributed by atoms with E-state index in [-0.39, 0.29) is 59.0 Å². The number of carbonyl (C=O) groups excluding carboxylic acids is 1. The second kappa shape index (κ2) is 11.0. The monoisotopic (exact) mass is 612 g/mol. The van der Waals surface area contributed by atoms with Crippen molar-refractivity contribution in [3.63, 3.8) is 0 Å². The van der Waals surface area contributed by atoms with Gasteiger partial charge >= 0.3 is 11.9 Å². The number of hydrogen-bond acceptors (Lipinski definition) is 6. The molecule has 224 valence electrons. The van der Waals surface area contributed by atoms with Gasteiger partial charge in [-0.15, -0.1) is 11.8 Å². The fourth-order valence-corrected chi connectivity index (χ4v) is 6.99. The molecule has 3 atom stereocenters. The van der Waals surface area contributed by atoms with E-state index in [2.05, 4.69) is 11.6 Å². The zero-order chi connectivity index (χ0) is 30.7. The van der Waals surface area contributed by atoms with Gasteiger partial charge in [-0.2, -0.15) is 18.2 Å². The molecule has 1 amide bonds. The van der Waals surface area contributed by atoms with Gasteiger partial charge in [-0.25, -0.2) is 18.0 Å². The zero-order valence-electron chi connectivity index (χ0n) is 22.8. The van der Waals surface area contributed by atoms with Crippen molar-refractivity contribution in [2.24, 2.45) is 0 Å². The highest BCUT2D eigenvalue weighted by molar-refractivity contribution is 7.99. The molecule has 0 aliphatic carbocycles. The van der Waals surface area contributed by atoms with E-state index in [0.717, 1.165) is 17.8 Å². The summed E-state index contributed by atoms with van der Waals surface area (Å²) in [7, 11) is 1.41. The number of nitrogens with zero attached hydrogens (tertiary/aromatic N) is 4. The number of aromatic nitrogens is 2. The van der Waals surface area contributed by atoms with Gasteiger partial charge < -0.3 is 14.5 Å². The summed E-state index contributed by atoms with van der Waals surface area (Å²) in [6, 6.07) is -0.109. The summed E-state index contributed by atoms with van der Waals surface area (Å²) >= 11 is 0.940. The van der Waals surface area contributed by atoms with Gasteiger partial charge in [-0.3, -0.25) is 9.36 Å². The van der Waals surface area contributed by atoms with E-state index >= 15 is 4.39 Å². The highest BCUT2D eigenvalue weighted by Gasteiger charge is 2.41. The second-order valence-electron chi connectivity index (χ2n) is 10.3. The first-order valence-corrected chi connectivity index (χ1v) is 13.9. The minimum atomic E-state index is -5.05. The van der Waals surface area contributed by atoms with Gasteiger partial charge in [-0.1, -0.05) is 6.58 Å². The first-order valence-electron chi connectivity index (χ1n) is 12.9. The van der Waals surface area contributed by atoms with Crippen molar-refractivity contribution < 1.29 is 35.9 Å². The lowest BCUT2D eigenvalue weighted by molar-refractivity contribution is -0.137. The molecule has 1 fully saturated rings. The Balaban J connectivity index is 1.86. The second-order valence-corrected chi connectivity index (χ2v) is 11.4. The number of halogens is 6. The number of amides is 1. The predicted octanol–water partition coefficient (Wildman–Crippen LogP) is 5.40. The van der Waals surface area contributed by atoms with E-state index in [1.165, 1.54) is 17.8 Å². The molecule has 2 aromatic carbocycles. The minimum Gasteiger partial charge on any atom is -0.383 e. The van der Waals surface area contributed by atoms with Crippen molar-refractivity contribution >= 4 is 34.4 Å². The van der Waals surface area contributed by atoms with E-state index in [9.17, 15) is 31.5 Å². The van der Waals surface area contributed by atoms with Crippen LogP contribution in [0.3, 0.4) is 0 Å². The number of methoxy groups -OCH3 is 1. The molecule has 2 aliphatic heterocycles. The summed E-state index contributed by atoms with van der Waals surface area (Å²) in [6.45, 7) is 7.40. The third-order valence-electron chi connectivity index (χ3n) is 7.59. The van der Waals surface area contributed by atoms with Crippen LogP contribution in [0.15, 0.2) is 40.5 Å². The van der Waals surface area contributed by atoms with Gasteiger partial charge in [0.25, 0.3) is 0 Å². The molecular weight excluding hydrogens is 586 g/mol. The van der Waals surface area contributed by atoms with Crippen molar-refractivity contribution in [1.82, 2.24) is 14.5 Å². The Morgan fingerprint density at radius 1 is 1.12 bits per heavy atom. The third-order valence-corrected chi connectivity index (χ3v) is 8.83. The molecular formula is C28H26F6N4O3S. The van der Waals surface area contributed by atoms with Crippen LogP contribution in [-0.4, -0.2) is 65.0 Å². The number of rotatable bonds is 5. The standard InChI is InChI=1S/C28H26F6N4O3S/c1-5-22(39)36-9-14(3)37(10-13(36)2)26-17-6-18(28(32,33)34)23(16-7-20(30)21(31)8-19(16)29)25-24(17)38(27(40)35-26)15(11-41-4)12-42-25/h5-8,13-15H,1,9-12H2,2-4H3/t13-,14+,15+/m1/s1. The van der Waals surface area contributed by atoms with Crippen LogP contribution < -0.4 is 10.6 Å². The van der Waals surface area contributed by atoms with E-state index in [1.807, 2.05) is 0 Å². The summed E-state index contributed by atoms with van der Waals surface area (Å²) in [6.07, 6.45) is -3.87. The van der Waals surface area contributed by atoms with Crippen LogP contribution in [0.1, 0.15) is 25.5 Å². The molecule has 14 heteroatoms. The van der Waals surface area contributed by atoms with Gasteiger partial charge in [0.1, 0.15) is 11.6 Å². The maximum atomic E-state index is 15.1. The molecule has 1 aromatic heterocycles. The molecule has 42 heavy (non-hydrogen) atoms. The summed E-state index contributed by atoms with van der Waals surface area (Å²) < 4.78 is 93.7. The Morgan fingerprint density at radius 2 is 1.81 bits per heavy atom. The van der Waals surface area contributed by atoms with Crippen molar-refractivity contribution in [3.05, 3.63) is 64.4 Å². The fraction of sp³-hybridized carbons (Fsp3) is 0.393. The quantitative estimate of drug-likeness (QED) is 0.218. The zero-order valence-corrected chi connectivity index (χ0v) is 23.6. The lowest BCUT2D eigenvalue weighted by atomic mass is 9.95. The van der Waals surface area contributed by atoms with Gasteiger partial charge in [0, 0.05) is 65.5 Å². The Hall–Kier alpha value is -3.52. The average molecular weight is 613 g/mol. The largest absolute Gasteiger partial charge is 0.417 e. The minimum absolute atomic E-state index is 0.0282. The summed E-state index contributed by atoms with van der Waals surface area (Å²) in [5.74, 6) is -4.72. The molecule has 0 unspecified atom stereocenters. The van der Waals surface area contributed by atoms with E-state index in [0.29, 0.717) is 6.07 Å². The van der Waals surface area contributed by atoms with Gasteiger partial charge in [0.2, 0.25) is 5.91 Å². The van der Waals surface area contributed by atoms with Crippen molar-refractivity contribution in [2.75, 3.05) is 37.5 Å². The van der Waals surface area contributed by atoms with Crippen molar-refractivity contribution in [2.45, 2.75) is 43.0 Å². The number of ether oxygens (including phenoxy) is 1. The number of anilines is 1. The summed E-state index contributed by atoms with van der Waals surface area (Å²) in [5, 5.41) is -0.0282. The lowest BCUT2D eigenvalue weighted by Gasteiger charge is -2.45. The fourth-order valence-electron chi connectivity index (χ4n) is 5.68. The highest BCUT2D eigenvalue weighted by Crippen LogP contribution is 2.50. The van der Waals surface area contributed by atoms with Crippen LogP contribution in [0, 0.1) is 17.5 Å². The number of carbonyl (C=O) groups is 1. The SMILES string of the molecule is C=CC(=O)N1C[C@H](C)N(c2nc(=O)n3c4c(c(-c5cc(F)c(F)cc5F)c(C(F)(F)F)cc24)SC[C@@H]3COC)C[C@H]1C. The van der Waals surface area contributed by atoms with Crippen LogP contribution in [0.25, 0.3) is 22.0 Å². The van der Waals surface area contributed by atoms with Crippen molar-refractivity contribution in [3.8, 4) is 11.1 Å². The van der Waals surface area contributed by atoms with Crippen LogP contribution in [-0.2, 0) is 15.7 Å². The van der Waals surface area contributed by atoms with E-state index < -0.39 is 64.1 Å². The Bertz CT molecular complexity index is 1660. The smallest absolute Gasteiger partial charge is 0.383 e. The third kappa shape index (κ3) is 4.93. The first kappa shape index (κ1) is 30.0. The Labute approximate surface area is 240 Å². The van der Waals surface area contributed by atoms with Crippen LogP contribution in [0.2, 0.25) is 0 Å². The van der Waals surface area contributed by atoms with Gasteiger partial charge in [-0.05, 0) is 32.1 Å². The Morgan fingerprint density at radius 3 is 2.45 bits per heavy atom. The molecule has 0 radical (unpaired) electrons. The lowest BCUT2D eigenvalue weighted by Crippen LogP contribution is -2.58. The number of benzene rings is 2. The van der Waals surface area contributed by atoms with E-state index in [1.54, 1.807) is 23.6 Å². The predicted molar refractivity (Wildman–Crippen MR) is 146 cm³/mol. The topological polar surface area (TPSA) is 67.7 Å². The van der Waals surface area contributed by atoms with Crippen molar-refractivity contribution in [1.29, 1.82) is 0 Å². The molecule has 0 spiro atoms. The van der Waals surface area contributed by atoms with Gasteiger partial charge in [0.15, 0.2) is 11.6 Å². The first-order chi connectivity index (χ1) is 19.8. The molecule has 2 aliphatic rings. The van der Waals surface area contributed by atoms with Crippen LogP contribution in [0.5, 0.6) is 0 Å². The summed E-state index contributed by atoms with van der Waals surface area (Å²) in [5.41, 5.74) is -3.48. The highest BCUT2D eigenvalue weighted by atomic mass is 32.2. The number of piperazine rings is 1. The molecule has 0 saturated carbocycles. The maximum Gasteiger partial charge on any atom is 0.417 e. The molecule has 5 rings (SSSR count). The molecule has 0 bridgehead atoms. The molecule has 7 nitrogen and oxygen atoms in total. The normalized spacial score (nSPS) is 20.7. The molecule has 3 heterocycles. The van der Waals surface area contributed by atoms with Crippen LogP contribution in [0.4, 0.5) is 32.2 Å². The average Bonchev–Trinajstić information content (AvgIpc) is 2.93. The number of hydrogen-bond donors (Lipinski definition) is 0. The number of thioether (sulfide) groups is 1. The Kier molecular flexibility index (Phi) is 7.81. The maximum absolute atomic E-state index is 15.1. The van der Waals surface area contributed by atoms with Crippen LogP contribution >= 0.6 is 11.8 Å². The molecule has 1 saturated heterocycles. The molecule has 3 aromatic rings. The molecule has 0 N–H and O–H groups in total. The number of alkyl halides is 3.